The highest BCUT2D eigenvalue weighted by Crippen LogP contribution is 2.10. The molecule has 2 rings (SSSR count). The maximum Gasteiger partial charge on any atom is 0.209 e. The number of pyridine rings is 1. The van der Waals surface area contributed by atoms with E-state index in [9.17, 15) is 0 Å². The van der Waals surface area contributed by atoms with Crippen molar-refractivity contribution in [1.29, 1.82) is 0 Å². The Bertz CT molecular complexity index is 381. The molecule has 1 aromatic carbocycles. The SMILES string of the molecule is Cc1cc2ccccc2c[n+]1N. The number of nitrogens with two attached hydrogens (primary N) is 1. The van der Waals surface area contributed by atoms with Crippen molar-refractivity contribution in [3.63, 3.8) is 0 Å². The van der Waals surface area contributed by atoms with Gasteiger partial charge in [-0.15, -0.1) is 0 Å². The van der Waals surface area contributed by atoms with Crippen LogP contribution in [0.15, 0.2) is 36.5 Å². The van der Waals surface area contributed by atoms with Gasteiger partial charge in [0.2, 0.25) is 11.9 Å². The van der Waals surface area contributed by atoms with E-state index in [1.165, 1.54) is 10.8 Å². The fraction of sp³-hybridized carbons (Fsp3) is 0.100. The first-order valence-electron chi connectivity index (χ1n) is 3.93. The Labute approximate surface area is 71.2 Å². The third-order valence-electron chi connectivity index (χ3n) is 2.05. The van der Waals surface area contributed by atoms with Crippen molar-refractivity contribution in [2.75, 3.05) is 5.84 Å². The van der Waals surface area contributed by atoms with Gasteiger partial charge in [-0.3, -0.25) is 0 Å². The van der Waals surface area contributed by atoms with Crippen LogP contribution in [0.25, 0.3) is 10.8 Å². The lowest BCUT2D eigenvalue weighted by Gasteiger charge is -1.96. The molecule has 0 aliphatic carbocycles. The van der Waals surface area contributed by atoms with E-state index in [2.05, 4.69) is 18.2 Å². The summed E-state index contributed by atoms with van der Waals surface area (Å²) in [5.41, 5.74) is 1.06. The molecule has 2 heteroatoms. The molecule has 1 heterocycles. The molecule has 2 N–H and O–H groups in total. The summed E-state index contributed by atoms with van der Waals surface area (Å²) in [4.78, 5) is 0. The molecule has 0 saturated carbocycles. The van der Waals surface area contributed by atoms with Gasteiger partial charge in [-0.25, -0.2) is 5.84 Å². The normalized spacial score (nSPS) is 10.4. The first-order valence-corrected chi connectivity index (χ1v) is 3.93. The number of aromatic nitrogens is 1. The lowest BCUT2D eigenvalue weighted by atomic mass is 10.1. The van der Waals surface area contributed by atoms with Crippen molar-refractivity contribution in [3.05, 3.63) is 42.2 Å². The second-order valence-corrected chi connectivity index (χ2v) is 2.95. The van der Waals surface area contributed by atoms with E-state index >= 15 is 0 Å². The summed E-state index contributed by atoms with van der Waals surface area (Å²) in [5, 5.41) is 2.40. The summed E-state index contributed by atoms with van der Waals surface area (Å²) in [5.74, 6) is 5.70. The average molecular weight is 159 g/mol. The molecule has 0 saturated heterocycles. The zero-order valence-electron chi connectivity index (χ0n) is 6.99. The predicted molar refractivity (Wildman–Crippen MR) is 49.0 cm³/mol. The molecule has 2 aromatic rings. The fourth-order valence-electron chi connectivity index (χ4n) is 1.31. The fourth-order valence-corrected chi connectivity index (χ4v) is 1.31. The lowest BCUT2D eigenvalue weighted by molar-refractivity contribution is -0.644. The van der Waals surface area contributed by atoms with Crippen molar-refractivity contribution in [2.24, 2.45) is 0 Å². The molecule has 0 amide bonds. The number of rotatable bonds is 0. The number of fused-ring (bicyclic) bond motifs is 1. The number of benzene rings is 1. The van der Waals surface area contributed by atoms with Gasteiger partial charge >= 0.3 is 0 Å². The van der Waals surface area contributed by atoms with E-state index in [-0.39, 0.29) is 0 Å². The Hall–Kier alpha value is -1.57. The second kappa shape index (κ2) is 2.48. The van der Waals surface area contributed by atoms with Crippen molar-refractivity contribution in [2.45, 2.75) is 6.92 Å². The summed E-state index contributed by atoms with van der Waals surface area (Å²) in [7, 11) is 0. The van der Waals surface area contributed by atoms with Crippen LogP contribution in [0.1, 0.15) is 5.69 Å². The first-order chi connectivity index (χ1) is 5.77. The van der Waals surface area contributed by atoms with Crippen molar-refractivity contribution in [1.82, 2.24) is 0 Å². The highest BCUT2D eigenvalue weighted by atomic mass is 15.3. The number of hydrogen-bond donors (Lipinski definition) is 1. The minimum atomic E-state index is 1.06. The molecule has 1 aromatic heterocycles. The van der Waals surface area contributed by atoms with E-state index in [0.717, 1.165) is 5.69 Å². The molecule has 12 heavy (non-hydrogen) atoms. The molecule has 0 fully saturated rings. The number of nitrogen functional groups attached to an aromatic ring is 1. The van der Waals surface area contributed by atoms with Gasteiger partial charge in [0, 0.05) is 18.4 Å². The van der Waals surface area contributed by atoms with Gasteiger partial charge in [-0.1, -0.05) is 22.9 Å². The summed E-state index contributed by atoms with van der Waals surface area (Å²) >= 11 is 0. The second-order valence-electron chi connectivity index (χ2n) is 2.95. The van der Waals surface area contributed by atoms with Crippen LogP contribution >= 0.6 is 0 Å². The van der Waals surface area contributed by atoms with Crippen molar-refractivity contribution in [3.8, 4) is 0 Å². The van der Waals surface area contributed by atoms with Gasteiger partial charge in [0.25, 0.3) is 0 Å². The Kier molecular flexibility index (Phi) is 1.47. The zero-order chi connectivity index (χ0) is 8.55. The molecule has 0 unspecified atom stereocenters. The monoisotopic (exact) mass is 159 g/mol. The van der Waals surface area contributed by atoms with Crippen LogP contribution in [0.4, 0.5) is 0 Å². The summed E-state index contributed by atoms with van der Waals surface area (Å²) in [6, 6.07) is 10.3. The highest BCUT2D eigenvalue weighted by Gasteiger charge is 2.03. The van der Waals surface area contributed by atoms with E-state index in [0.29, 0.717) is 0 Å². The Morgan fingerprint density at radius 3 is 2.58 bits per heavy atom. The van der Waals surface area contributed by atoms with E-state index in [1.807, 2.05) is 25.3 Å². The number of aryl methyl sites for hydroxylation is 1. The van der Waals surface area contributed by atoms with Gasteiger partial charge in [-0.05, 0) is 11.5 Å². The minimum absolute atomic E-state index is 1.06. The standard InChI is InChI=1S/C10H11N2/c1-8-6-9-4-2-3-5-10(9)7-12(8)11/h2-7H,11H2,1H3/q+1. The summed E-state index contributed by atoms with van der Waals surface area (Å²) < 4.78 is 1.64. The van der Waals surface area contributed by atoms with Gasteiger partial charge in [0.15, 0.2) is 0 Å². The summed E-state index contributed by atoms with van der Waals surface area (Å²) in [6.45, 7) is 1.99. The molecule has 0 spiro atoms. The van der Waals surface area contributed by atoms with E-state index < -0.39 is 0 Å². The smallest absolute Gasteiger partial charge is 0.205 e. The average Bonchev–Trinajstić information content (AvgIpc) is 2.07. The van der Waals surface area contributed by atoms with Crippen LogP contribution in [0, 0.1) is 6.92 Å². The largest absolute Gasteiger partial charge is 0.209 e. The number of hydrogen-bond acceptors (Lipinski definition) is 1. The molecule has 0 bridgehead atoms. The molecule has 0 radical (unpaired) electrons. The minimum Gasteiger partial charge on any atom is -0.205 e. The molecule has 60 valence electrons. The van der Waals surface area contributed by atoms with Crippen LogP contribution in [-0.4, -0.2) is 0 Å². The Balaban J connectivity index is 2.84. The van der Waals surface area contributed by atoms with Gasteiger partial charge in [0.05, 0.1) is 0 Å². The highest BCUT2D eigenvalue weighted by molar-refractivity contribution is 5.80. The molecular weight excluding hydrogens is 148 g/mol. The van der Waals surface area contributed by atoms with Crippen LogP contribution in [0.2, 0.25) is 0 Å². The van der Waals surface area contributed by atoms with Gasteiger partial charge in [0.1, 0.15) is 0 Å². The molecule has 2 nitrogen and oxygen atoms in total. The molecule has 0 aliphatic heterocycles. The maximum absolute atomic E-state index is 5.70. The number of nitrogens with zero attached hydrogens (tertiary/aromatic N) is 1. The zero-order valence-corrected chi connectivity index (χ0v) is 6.99. The quantitative estimate of drug-likeness (QED) is 0.453. The molecule has 0 atom stereocenters. The van der Waals surface area contributed by atoms with Crippen molar-refractivity contribution >= 4 is 10.8 Å². The lowest BCUT2D eigenvalue weighted by Crippen LogP contribution is -2.46. The van der Waals surface area contributed by atoms with Crippen LogP contribution in [0.3, 0.4) is 0 Å². The van der Waals surface area contributed by atoms with Crippen molar-refractivity contribution < 1.29 is 4.68 Å². The molecular formula is C10H11N2+. The Morgan fingerprint density at radius 2 is 1.83 bits per heavy atom. The van der Waals surface area contributed by atoms with Crippen LogP contribution < -0.4 is 10.5 Å². The van der Waals surface area contributed by atoms with Crippen LogP contribution in [-0.2, 0) is 0 Å². The van der Waals surface area contributed by atoms with E-state index in [4.69, 9.17) is 5.84 Å². The topological polar surface area (TPSA) is 29.9 Å². The third-order valence-corrected chi connectivity index (χ3v) is 2.05. The predicted octanol–water partition coefficient (Wildman–Crippen LogP) is 1.15. The molecule has 0 aliphatic rings. The van der Waals surface area contributed by atoms with Crippen LogP contribution in [0.5, 0.6) is 0 Å². The van der Waals surface area contributed by atoms with Gasteiger partial charge in [-0.2, -0.15) is 0 Å². The summed E-state index contributed by atoms with van der Waals surface area (Å²) in [6.07, 6.45) is 1.94. The first kappa shape index (κ1) is 7.10. The van der Waals surface area contributed by atoms with Gasteiger partial charge < -0.3 is 0 Å². The third kappa shape index (κ3) is 1.01. The maximum atomic E-state index is 5.70. The Morgan fingerprint density at radius 1 is 1.17 bits per heavy atom. The van der Waals surface area contributed by atoms with E-state index in [1.54, 1.807) is 4.68 Å².